The van der Waals surface area contributed by atoms with Gasteiger partial charge in [-0.25, -0.2) is 0 Å². The molecule has 25 heavy (non-hydrogen) atoms. The van der Waals surface area contributed by atoms with Gasteiger partial charge in [-0.3, -0.25) is 14.5 Å². The Morgan fingerprint density at radius 2 is 2.04 bits per heavy atom. The summed E-state index contributed by atoms with van der Waals surface area (Å²) in [5, 5.41) is -0.379. The number of halogens is 2. The number of rotatable bonds is 8. The van der Waals surface area contributed by atoms with Crippen LogP contribution in [0.25, 0.3) is 6.08 Å². The topological polar surface area (TPSA) is 65.1 Å². The van der Waals surface area contributed by atoms with Crippen molar-refractivity contribution < 1.29 is 32.6 Å². The van der Waals surface area contributed by atoms with Crippen molar-refractivity contribution in [2.45, 2.75) is 13.5 Å². The molecule has 9 heteroatoms. The molecule has 1 heterocycles. The van der Waals surface area contributed by atoms with E-state index >= 15 is 0 Å². The van der Waals surface area contributed by atoms with Crippen molar-refractivity contribution in [2.24, 2.45) is 0 Å². The molecular formula is C16H17F2NO5S. The molecule has 1 aliphatic heterocycles. The fourth-order valence-corrected chi connectivity index (χ4v) is 2.97. The molecule has 1 fully saturated rings. The van der Waals surface area contributed by atoms with Gasteiger partial charge in [-0.1, -0.05) is 6.07 Å². The van der Waals surface area contributed by atoms with Gasteiger partial charge in [0.1, 0.15) is 0 Å². The lowest BCUT2D eigenvalue weighted by Crippen LogP contribution is -2.31. The number of alkyl halides is 2. The van der Waals surface area contributed by atoms with Crippen LogP contribution in [0.5, 0.6) is 11.5 Å². The minimum atomic E-state index is -2.97. The van der Waals surface area contributed by atoms with Crippen molar-refractivity contribution in [3.63, 3.8) is 0 Å². The van der Waals surface area contributed by atoms with Gasteiger partial charge >= 0.3 is 6.61 Å². The number of benzene rings is 1. The average molecular weight is 373 g/mol. The summed E-state index contributed by atoms with van der Waals surface area (Å²) in [7, 11) is 1.48. The lowest BCUT2D eigenvalue weighted by Gasteiger charge is -2.12. The van der Waals surface area contributed by atoms with Gasteiger partial charge in [-0.15, -0.1) is 0 Å². The first-order valence-corrected chi connectivity index (χ1v) is 8.23. The van der Waals surface area contributed by atoms with Gasteiger partial charge in [-0.2, -0.15) is 8.78 Å². The minimum absolute atomic E-state index is 0.0952. The van der Waals surface area contributed by atoms with Crippen molar-refractivity contribution >= 4 is 29.0 Å². The number of imide groups is 1. The van der Waals surface area contributed by atoms with E-state index in [-0.39, 0.29) is 41.4 Å². The molecule has 1 aromatic carbocycles. The van der Waals surface area contributed by atoms with Crippen molar-refractivity contribution in [1.82, 2.24) is 4.90 Å². The number of nitrogens with zero attached hydrogens (tertiary/aromatic N) is 1. The van der Waals surface area contributed by atoms with Crippen LogP contribution in [0, 0.1) is 0 Å². The second-order valence-electron chi connectivity index (χ2n) is 4.84. The fourth-order valence-electron chi connectivity index (χ4n) is 2.10. The third-order valence-corrected chi connectivity index (χ3v) is 4.08. The van der Waals surface area contributed by atoms with Crippen LogP contribution < -0.4 is 9.47 Å². The molecule has 0 spiro atoms. The van der Waals surface area contributed by atoms with Crippen molar-refractivity contribution in [3.8, 4) is 11.5 Å². The first kappa shape index (κ1) is 19.2. The van der Waals surface area contributed by atoms with Gasteiger partial charge in [0.15, 0.2) is 11.5 Å². The molecule has 1 aromatic rings. The first-order chi connectivity index (χ1) is 12.0. The summed E-state index contributed by atoms with van der Waals surface area (Å²) < 4.78 is 39.4. The van der Waals surface area contributed by atoms with E-state index in [4.69, 9.17) is 9.47 Å². The van der Waals surface area contributed by atoms with Crippen molar-refractivity contribution in [2.75, 3.05) is 26.9 Å². The van der Waals surface area contributed by atoms with Crippen molar-refractivity contribution in [3.05, 3.63) is 28.7 Å². The largest absolute Gasteiger partial charge is 0.490 e. The van der Waals surface area contributed by atoms with Crippen LogP contribution in [0.2, 0.25) is 0 Å². The molecule has 0 aromatic heterocycles. The molecule has 0 radical (unpaired) electrons. The molecule has 0 unspecified atom stereocenters. The van der Waals surface area contributed by atoms with E-state index in [2.05, 4.69) is 4.74 Å². The average Bonchev–Trinajstić information content (AvgIpc) is 2.82. The SMILES string of the molecule is CCOc1cc(/C=C2\SC(=O)N(CCOC)C2=O)ccc1OC(F)F. The highest BCUT2D eigenvalue weighted by atomic mass is 32.2. The lowest BCUT2D eigenvalue weighted by atomic mass is 10.2. The summed E-state index contributed by atoms with van der Waals surface area (Å²) in [5.41, 5.74) is 0.530. The second kappa shape index (κ2) is 8.82. The Kier molecular flexibility index (Phi) is 6.77. The van der Waals surface area contributed by atoms with Gasteiger partial charge in [0.05, 0.1) is 24.7 Å². The summed E-state index contributed by atoms with van der Waals surface area (Å²) in [4.78, 5) is 25.5. The quantitative estimate of drug-likeness (QED) is 0.651. The summed E-state index contributed by atoms with van der Waals surface area (Å²) in [6.45, 7) is -0.581. The molecule has 0 N–H and O–H groups in total. The number of methoxy groups -OCH3 is 1. The van der Waals surface area contributed by atoms with E-state index in [0.29, 0.717) is 5.56 Å². The summed E-state index contributed by atoms with van der Waals surface area (Å²) in [5.74, 6) is -0.379. The third kappa shape index (κ3) is 4.93. The smallest absolute Gasteiger partial charge is 0.387 e. The molecular weight excluding hydrogens is 356 g/mol. The third-order valence-electron chi connectivity index (χ3n) is 3.17. The molecule has 2 rings (SSSR count). The zero-order chi connectivity index (χ0) is 18.4. The van der Waals surface area contributed by atoms with E-state index in [1.165, 1.54) is 31.4 Å². The van der Waals surface area contributed by atoms with Gasteiger partial charge in [0.2, 0.25) is 0 Å². The number of hydrogen-bond acceptors (Lipinski definition) is 6. The Bertz CT molecular complexity index is 680. The van der Waals surface area contributed by atoms with Crippen LogP contribution in [-0.2, 0) is 9.53 Å². The molecule has 1 aliphatic rings. The Labute approximate surface area is 147 Å². The van der Waals surface area contributed by atoms with Gasteiger partial charge in [-0.05, 0) is 42.5 Å². The van der Waals surface area contributed by atoms with Crippen LogP contribution in [0.15, 0.2) is 23.1 Å². The number of carbonyl (C=O) groups is 2. The summed E-state index contributed by atoms with van der Waals surface area (Å²) in [6.07, 6.45) is 1.51. The Morgan fingerprint density at radius 1 is 1.28 bits per heavy atom. The number of hydrogen-bond donors (Lipinski definition) is 0. The molecule has 1 saturated heterocycles. The summed E-state index contributed by atoms with van der Waals surface area (Å²) in [6, 6.07) is 4.31. The predicted octanol–water partition coefficient (Wildman–Crippen LogP) is 3.37. The molecule has 0 aliphatic carbocycles. The summed E-state index contributed by atoms with van der Waals surface area (Å²) >= 11 is 0.812. The maximum absolute atomic E-state index is 12.4. The molecule has 0 saturated carbocycles. The van der Waals surface area contributed by atoms with Crippen molar-refractivity contribution in [1.29, 1.82) is 0 Å². The molecule has 6 nitrogen and oxygen atoms in total. The van der Waals surface area contributed by atoms with Crippen LogP contribution in [0.1, 0.15) is 12.5 Å². The lowest BCUT2D eigenvalue weighted by molar-refractivity contribution is -0.123. The standard InChI is InChI=1S/C16H17F2NO5S/c1-3-23-12-8-10(4-5-11(12)24-15(17)18)9-13-14(20)19(6-7-22-2)16(21)25-13/h4-5,8-9,15H,3,6-7H2,1-2H3/b13-9-. The van der Waals surface area contributed by atoms with Gasteiger partial charge < -0.3 is 14.2 Å². The second-order valence-corrected chi connectivity index (χ2v) is 5.84. The van der Waals surface area contributed by atoms with Crippen LogP contribution in [-0.4, -0.2) is 49.5 Å². The Balaban J connectivity index is 2.24. The fraction of sp³-hybridized carbons (Fsp3) is 0.375. The highest BCUT2D eigenvalue weighted by Gasteiger charge is 2.34. The molecule has 2 amide bonds. The van der Waals surface area contributed by atoms with E-state index in [9.17, 15) is 18.4 Å². The van der Waals surface area contributed by atoms with Gasteiger partial charge in [0.25, 0.3) is 11.1 Å². The van der Waals surface area contributed by atoms with Gasteiger partial charge in [0, 0.05) is 7.11 Å². The number of ether oxygens (including phenoxy) is 3. The minimum Gasteiger partial charge on any atom is -0.490 e. The Morgan fingerprint density at radius 3 is 2.68 bits per heavy atom. The zero-order valence-corrected chi connectivity index (χ0v) is 14.5. The monoisotopic (exact) mass is 373 g/mol. The highest BCUT2D eigenvalue weighted by molar-refractivity contribution is 8.18. The molecule has 136 valence electrons. The van der Waals surface area contributed by atoms with E-state index in [1.807, 2.05) is 0 Å². The van der Waals surface area contributed by atoms with Crippen LogP contribution in [0.3, 0.4) is 0 Å². The molecule has 0 bridgehead atoms. The Hall–Kier alpha value is -2.13. The zero-order valence-electron chi connectivity index (χ0n) is 13.7. The van der Waals surface area contributed by atoms with E-state index < -0.39 is 12.5 Å². The van der Waals surface area contributed by atoms with E-state index in [0.717, 1.165) is 16.7 Å². The molecule has 0 atom stereocenters. The maximum Gasteiger partial charge on any atom is 0.387 e. The van der Waals surface area contributed by atoms with E-state index in [1.54, 1.807) is 6.92 Å². The first-order valence-electron chi connectivity index (χ1n) is 7.42. The van der Waals surface area contributed by atoms with Crippen LogP contribution in [0.4, 0.5) is 13.6 Å². The number of thioether (sulfide) groups is 1. The maximum atomic E-state index is 12.4. The number of amides is 2. The highest BCUT2D eigenvalue weighted by Crippen LogP contribution is 2.35. The predicted molar refractivity (Wildman–Crippen MR) is 88.8 cm³/mol. The van der Waals surface area contributed by atoms with Crippen LogP contribution >= 0.6 is 11.8 Å². The normalized spacial score (nSPS) is 16.2. The number of carbonyl (C=O) groups excluding carboxylic acids is 2.